The minimum Gasteiger partial charge on any atom is -0.378 e. The summed E-state index contributed by atoms with van der Waals surface area (Å²) < 4.78 is 19.0. The van der Waals surface area contributed by atoms with E-state index in [1.165, 1.54) is 12.4 Å². The Balaban J connectivity index is 1.51. The zero-order valence-electron chi connectivity index (χ0n) is 20.4. The number of amides is 2. The summed E-state index contributed by atoms with van der Waals surface area (Å²) in [4.78, 5) is 34.5. The first-order chi connectivity index (χ1) is 17.5. The first-order valence-corrected chi connectivity index (χ1v) is 12.2. The van der Waals surface area contributed by atoms with Crippen LogP contribution in [0.15, 0.2) is 36.7 Å². The molecule has 2 N–H and O–H groups in total. The van der Waals surface area contributed by atoms with Crippen molar-refractivity contribution in [1.29, 1.82) is 0 Å². The minimum absolute atomic E-state index is 0.126. The number of hydrogen-bond donors (Lipinski definition) is 2. The van der Waals surface area contributed by atoms with Crippen LogP contribution in [-0.2, 0) is 11.2 Å². The number of fused-ring (bicyclic) bond motifs is 1. The average molecular weight is 493 g/mol. The van der Waals surface area contributed by atoms with Crippen LogP contribution in [0.3, 0.4) is 0 Å². The van der Waals surface area contributed by atoms with E-state index in [4.69, 9.17) is 14.7 Å². The first kappa shape index (κ1) is 23.9. The van der Waals surface area contributed by atoms with Gasteiger partial charge in [-0.15, -0.1) is 0 Å². The zero-order valence-corrected chi connectivity index (χ0v) is 20.4. The van der Waals surface area contributed by atoms with Gasteiger partial charge in [0.25, 0.3) is 0 Å². The number of anilines is 3. The van der Waals surface area contributed by atoms with E-state index >= 15 is 0 Å². The van der Waals surface area contributed by atoms with Crippen LogP contribution in [0.5, 0.6) is 0 Å². The van der Waals surface area contributed by atoms with Gasteiger partial charge in [-0.2, -0.15) is 0 Å². The molecule has 188 valence electrons. The minimum atomic E-state index is -0.465. The van der Waals surface area contributed by atoms with Crippen LogP contribution in [0.1, 0.15) is 31.1 Å². The van der Waals surface area contributed by atoms with Crippen molar-refractivity contribution in [2.45, 2.75) is 26.3 Å². The molecule has 2 aliphatic heterocycles. The highest BCUT2D eigenvalue weighted by Gasteiger charge is 2.32. The molecule has 0 spiro atoms. The summed E-state index contributed by atoms with van der Waals surface area (Å²) in [6.45, 7) is 7.99. The van der Waals surface area contributed by atoms with Crippen LogP contribution >= 0.6 is 0 Å². The average Bonchev–Trinajstić information content (AvgIpc) is 2.90. The Hall–Kier alpha value is -3.86. The van der Waals surface area contributed by atoms with Crippen molar-refractivity contribution in [3.05, 3.63) is 53.7 Å². The predicted molar refractivity (Wildman–Crippen MR) is 135 cm³/mol. The summed E-state index contributed by atoms with van der Waals surface area (Å²) in [7, 11) is 0. The number of benzene rings is 1. The third-order valence-corrected chi connectivity index (χ3v) is 6.40. The van der Waals surface area contributed by atoms with Gasteiger partial charge in [-0.05, 0) is 44.5 Å². The molecule has 2 amide bonds. The number of ether oxygens (including phenoxy) is 1. The highest BCUT2D eigenvalue weighted by Crippen LogP contribution is 2.36. The van der Waals surface area contributed by atoms with Crippen molar-refractivity contribution in [3.8, 4) is 11.4 Å². The molecule has 0 radical (unpaired) electrons. The maximum atomic E-state index is 13.4. The standard InChI is InChI=1S/C25H29FN8O2/c1-3-27-25(35)30-19-6-4-17(5-7-19)22-31-21-16(2)34(24-28-14-18(26)15-29-24)9-8-20(21)23(32-22)33-10-12-36-13-11-33/h4-7,14-16H,3,8-13H2,1-2H3,(H2,27,30,35)/t16-/m1/s1. The number of rotatable bonds is 5. The van der Waals surface area contributed by atoms with E-state index in [1.54, 1.807) is 0 Å². The summed E-state index contributed by atoms with van der Waals surface area (Å²) in [5, 5.41) is 5.53. The van der Waals surface area contributed by atoms with Crippen molar-refractivity contribution in [3.63, 3.8) is 0 Å². The van der Waals surface area contributed by atoms with Gasteiger partial charge in [-0.3, -0.25) is 0 Å². The zero-order chi connectivity index (χ0) is 25.1. The molecule has 0 bridgehead atoms. The second kappa shape index (κ2) is 10.4. The molecule has 1 saturated heterocycles. The molecule has 0 saturated carbocycles. The molecule has 10 nitrogen and oxygen atoms in total. The Bertz CT molecular complexity index is 1220. The fourth-order valence-electron chi connectivity index (χ4n) is 4.58. The van der Waals surface area contributed by atoms with E-state index in [9.17, 15) is 9.18 Å². The number of hydrogen-bond acceptors (Lipinski definition) is 8. The number of carbonyl (C=O) groups excluding carboxylic acids is 1. The molecule has 5 rings (SSSR count). The Morgan fingerprint density at radius 2 is 1.83 bits per heavy atom. The number of carbonyl (C=O) groups is 1. The Morgan fingerprint density at radius 3 is 2.53 bits per heavy atom. The van der Waals surface area contributed by atoms with Crippen molar-refractivity contribution < 1.29 is 13.9 Å². The van der Waals surface area contributed by atoms with E-state index in [0.29, 0.717) is 43.8 Å². The van der Waals surface area contributed by atoms with Gasteiger partial charge in [0.05, 0.1) is 37.3 Å². The Morgan fingerprint density at radius 1 is 1.11 bits per heavy atom. The van der Waals surface area contributed by atoms with Crippen LogP contribution in [-0.4, -0.2) is 65.4 Å². The number of aromatic nitrogens is 4. The molecule has 36 heavy (non-hydrogen) atoms. The summed E-state index contributed by atoms with van der Waals surface area (Å²) in [5.74, 6) is 1.54. The molecule has 3 aromatic rings. The molecule has 2 aliphatic rings. The molecule has 2 aromatic heterocycles. The van der Waals surface area contributed by atoms with E-state index in [2.05, 4.69) is 32.4 Å². The van der Waals surface area contributed by atoms with Crippen LogP contribution in [0.4, 0.5) is 26.6 Å². The molecule has 1 aromatic carbocycles. The van der Waals surface area contributed by atoms with Crippen LogP contribution in [0.2, 0.25) is 0 Å². The summed E-state index contributed by atoms with van der Waals surface area (Å²) in [6, 6.07) is 7.11. The smallest absolute Gasteiger partial charge is 0.319 e. The lowest BCUT2D eigenvalue weighted by Gasteiger charge is -2.37. The molecule has 11 heteroatoms. The van der Waals surface area contributed by atoms with E-state index in [-0.39, 0.29) is 12.1 Å². The van der Waals surface area contributed by atoms with Gasteiger partial charge < -0.3 is 25.2 Å². The maximum Gasteiger partial charge on any atom is 0.319 e. The predicted octanol–water partition coefficient (Wildman–Crippen LogP) is 3.17. The maximum absolute atomic E-state index is 13.4. The highest BCUT2D eigenvalue weighted by atomic mass is 19.1. The van der Waals surface area contributed by atoms with Crippen LogP contribution < -0.4 is 20.4 Å². The van der Waals surface area contributed by atoms with Crippen LogP contribution in [0, 0.1) is 5.82 Å². The van der Waals surface area contributed by atoms with Crippen molar-refractivity contribution >= 4 is 23.5 Å². The quantitative estimate of drug-likeness (QED) is 0.559. The molecular formula is C25H29FN8O2. The van der Waals surface area contributed by atoms with E-state index < -0.39 is 5.82 Å². The van der Waals surface area contributed by atoms with Gasteiger partial charge in [0.15, 0.2) is 11.6 Å². The number of nitrogens with zero attached hydrogens (tertiary/aromatic N) is 6. The van der Waals surface area contributed by atoms with E-state index in [1.807, 2.05) is 36.1 Å². The topological polar surface area (TPSA) is 108 Å². The lowest BCUT2D eigenvalue weighted by molar-refractivity contribution is 0.122. The number of halogens is 1. The second-order valence-electron chi connectivity index (χ2n) is 8.72. The SMILES string of the molecule is CCNC(=O)Nc1ccc(-c2nc3c(c(N4CCOCC4)n2)CCN(c2ncc(F)cn2)[C@@H]3C)cc1. The van der Waals surface area contributed by atoms with Crippen molar-refractivity contribution in [1.82, 2.24) is 25.3 Å². The van der Waals surface area contributed by atoms with Gasteiger partial charge in [-0.1, -0.05) is 0 Å². The van der Waals surface area contributed by atoms with Gasteiger partial charge in [0.1, 0.15) is 5.82 Å². The van der Waals surface area contributed by atoms with E-state index in [0.717, 1.165) is 42.1 Å². The third kappa shape index (κ3) is 4.92. The monoisotopic (exact) mass is 492 g/mol. The fraction of sp³-hybridized carbons (Fsp3) is 0.400. The lowest BCUT2D eigenvalue weighted by atomic mass is 9.98. The van der Waals surface area contributed by atoms with Crippen LogP contribution in [0.25, 0.3) is 11.4 Å². The first-order valence-electron chi connectivity index (χ1n) is 12.2. The largest absolute Gasteiger partial charge is 0.378 e. The summed E-state index contributed by atoms with van der Waals surface area (Å²) in [5.41, 5.74) is 3.55. The lowest BCUT2D eigenvalue weighted by Crippen LogP contribution is -2.41. The Kier molecular flexibility index (Phi) is 6.90. The van der Waals surface area contributed by atoms with Gasteiger partial charge in [-0.25, -0.2) is 29.1 Å². The van der Waals surface area contributed by atoms with Gasteiger partial charge in [0, 0.05) is 43.0 Å². The molecule has 1 fully saturated rings. The highest BCUT2D eigenvalue weighted by molar-refractivity contribution is 5.89. The van der Waals surface area contributed by atoms with Gasteiger partial charge in [0.2, 0.25) is 5.95 Å². The molecule has 4 heterocycles. The number of nitrogens with one attached hydrogen (secondary N) is 2. The molecular weight excluding hydrogens is 463 g/mol. The fourth-order valence-corrected chi connectivity index (χ4v) is 4.58. The Labute approximate surface area is 208 Å². The number of urea groups is 1. The van der Waals surface area contributed by atoms with Crippen molar-refractivity contribution in [2.24, 2.45) is 0 Å². The summed E-state index contributed by atoms with van der Waals surface area (Å²) >= 11 is 0. The normalized spacial score (nSPS) is 17.5. The molecule has 0 unspecified atom stereocenters. The summed E-state index contributed by atoms with van der Waals surface area (Å²) in [6.07, 6.45) is 3.10. The number of morpholine rings is 1. The van der Waals surface area contributed by atoms with Gasteiger partial charge >= 0.3 is 6.03 Å². The molecule has 1 atom stereocenters. The third-order valence-electron chi connectivity index (χ3n) is 6.40. The van der Waals surface area contributed by atoms with Crippen molar-refractivity contribution in [2.75, 3.05) is 54.5 Å². The molecule has 0 aliphatic carbocycles. The second-order valence-corrected chi connectivity index (χ2v) is 8.72.